The topological polar surface area (TPSA) is 38.0 Å². The van der Waals surface area contributed by atoms with Crippen molar-refractivity contribution in [3.63, 3.8) is 0 Å². The van der Waals surface area contributed by atoms with Gasteiger partial charge in [-0.2, -0.15) is 0 Å². The summed E-state index contributed by atoms with van der Waals surface area (Å²) in [6.07, 6.45) is 11.2. The van der Waals surface area contributed by atoms with Crippen molar-refractivity contribution in [1.29, 1.82) is 0 Å². The SMILES string of the molecule is CCC1CCC(C(NN)C2CCCC2C)CC1. The van der Waals surface area contributed by atoms with Gasteiger partial charge in [0, 0.05) is 6.04 Å². The van der Waals surface area contributed by atoms with E-state index in [1.807, 2.05) is 0 Å². The fourth-order valence-electron chi connectivity index (χ4n) is 4.27. The first kappa shape index (κ1) is 13.4. The van der Waals surface area contributed by atoms with E-state index in [0.717, 1.165) is 23.7 Å². The van der Waals surface area contributed by atoms with Crippen LogP contribution in [0.4, 0.5) is 0 Å². The average molecular weight is 238 g/mol. The second-order valence-electron chi connectivity index (χ2n) is 6.45. The first-order valence-corrected chi connectivity index (χ1v) is 7.72. The van der Waals surface area contributed by atoms with Gasteiger partial charge in [0.05, 0.1) is 0 Å². The van der Waals surface area contributed by atoms with Crippen molar-refractivity contribution in [3.05, 3.63) is 0 Å². The highest BCUT2D eigenvalue weighted by atomic mass is 15.2. The van der Waals surface area contributed by atoms with Gasteiger partial charge in [0.15, 0.2) is 0 Å². The van der Waals surface area contributed by atoms with E-state index < -0.39 is 0 Å². The number of nitrogens with two attached hydrogens (primary N) is 1. The Bertz CT molecular complexity index is 221. The zero-order chi connectivity index (χ0) is 12.3. The molecule has 2 saturated carbocycles. The summed E-state index contributed by atoms with van der Waals surface area (Å²) in [7, 11) is 0. The average Bonchev–Trinajstić information content (AvgIpc) is 2.78. The van der Waals surface area contributed by atoms with Crippen molar-refractivity contribution in [2.75, 3.05) is 0 Å². The second-order valence-corrected chi connectivity index (χ2v) is 6.45. The van der Waals surface area contributed by atoms with Crippen molar-refractivity contribution >= 4 is 0 Å². The van der Waals surface area contributed by atoms with E-state index in [4.69, 9.17) is 5.84 Å². The Morgan fingerprint density at radius 2 is 1.82 bits per heavy atom. The fourth-order valence-corrected chi connectivity index (χ4v) is 4.27. The van der Waals surface area contributed by atoms with Crippen LogP contribution in [0.2, 0.25) is 0 Å². The van der Waals surface area contributed by atoms with E-state index in [0.29, 0.717) is 6.04 Å². The summed E-state index contributed by atoms with van der Waals surface area (Å²) >= 11 is 0. The highest BCUT2D eigenvalue weighted by Gasteiger charge is 2.36. The van der Waals surface area contributed by atoms with E-state index in [2.05, 4.69) is 19.3 Å². The third-order valence-corrected chi connectivity index (χ3v) is 5.56. The quantitative estimate of drug-likeness (QED) is 0.581. The summed E-state index contributed by atoms with van der Waals surface area (Å²) in [6, 6.07) is 0.588. The number of hydrogen-bond donors (Lipinski definition) is 2. The molecule has 0 aliphatic heterocycles. The second kappa shape index (κ2) is 6.19. The van der Waals surface area contributed by atoms with Crippen LogP contribution in [0.25, 0.3) is 0 Å². The molecule has 2 nitrogen and oxygen atoms in total. The molecule has 2 aliphatic rings. The van der Waals surface area contributed by atoms with Gasteiger partial charge in [-0.05, 0) is 42.9 Å². The van der Waals surface area contributed by atoms with Crippen LogP contribution in [0.3, 0.4) is 0 Å². The van der Waals surface area contributed by atoms with Crippen LogP contribution in [0, 0.1) is 23.7 Å². The van der Waals surface area contributed by atoms with Crippen molar-refractivity contribution in [2.45, 2.75) is 71.3 Å². The summed E-state index contributed by atoms with van der Waals surface area (Å²) in [4.78, 5) is 0. The Balaban J connectivity index is 1.90. The predicted molar refractivity (Wildman–Crippen MR) is 73.4 cm³/mol. The molecule has 100 valence electrons. The molecule has 3 N–H and O–H groups in total. The molecule has 0 radical (unpaired) electrons. The maximum atomic E-state index is 5.86. The maximum absolute atomic E-state index is 5.86. The van der Waals surface area contributed by atoms with Gasteiger partial charge >= 0.3 is 0 Å². The molecule has 0 amide bonds. The van der Waals surface area contributed by atoms with Gasteiger partial charge in [-0.15, -0.1) is 0 Å². The Morgan fingerprint density at radius 3 is 2.29 bits per heavy atom. The Morgan fingerprint density at radius 1 is 1.12 bits per heavy atom. The van der Waals surface area contributed by atoms with Crippen molar-refractivity contribution < 1.29 is 0 Å². The molecule has 0 spiro atoms. The van der Waals surface area contributed by atoms with Gasteiger partial charge < -0.3 is 0 Å². The Labute approximate surface area is 107 Å². The summed E-state index contributed by atoms with van der Waals surface area (Å²) in [5, 5.41) is 0. The molecule has 2 fully saturated rings. The summed E-state index contributed by atoms with van der Waals surface area (Å²) in [5.41, 5.74) is 3.18. The zero-order valence-electron chi connectivity index (χ0n) is 11.6. The van der Waals surface area contributed by atoms with Crippen LogP contribution in [-0.4, -0.2) is 6.04 Å². The molecule has 3 unspecified atom stereocenters. The van der Waals surface area contributed by atoms with Gasteiger partial charge in [0.1, 0.15) is 0 Å². The first-order chi connectivity index (χ1) is 8.26. The molecule has 0 aromatic heterocycles. The molecule has 3 atom stereocenters. The summed E-state index contributed by atoms with van der Waals surface area (Å²) in [5.74, 6) is 9.41. The highest BCUT2D eigenvalue weighted by molar-refractivity contribution is 4.90. The molecule has 0 bridgehead atoms. The Hall–Kier alpha value is -0.0800. The molecule has 2 heteroatoms. The Kier molecular flexibility index (Phi) is 4.87. The fraction of sp³-hybridized carbons (Fsp3) is 1.00. The van der Waals surface area contributed by atoms with E-state index in [9.17, 15) is 0 Å². The molecule has 0 saturated heterocycles. The van der Waals surface area contributed by atoms with E-state index >= 15 is 0 Å². The van der Waals surface area contributed by atoms with Crippen LogP contribution in [0.15, 0.2) is 0 Å². The van der Waals surface area contributed by atoms with E-state index in [1.54, 1.807) is 0 Å². The third-order valence-electron chi connectivity index (χ3n) is 5.56. The molecule has 0 aromatic rings. The number of hydrogen-bond acceptors (Lipinski definition) is 2. The minimum absolute atomic E-state index is 0.588. The lowest BCUT2D eigenvalue weighted by molar-refractivity contribution is 0.158. The minimum Gasteiger partial charge on any atom is -0.271 e. The van der Waals surface area contributed by atoms with Crippen molar-refractivity contribution in [2.24, 2.45) is 29.5 Å². The molecule has 2 rings (SSSR count). The molecule has 2 aliphatic carbocycles. The first-order valence-electron chi connectivity index (χ1n) is 7.72. The summed E-state index contributed by atoms with van der Waals surface area (Å²) < 4.78 is 0. The lowest BCUT2D eigenvalue weighted by Crippen LogP contribution is -2.47. The monoisotopic (exact) mass is 238 g/mol. The van der Waals surface area contributed by atoms with Gasteiger partial charge in [-0.1, -0.05) is 46.0 Å². The van der Waals surface area contributed by atoms with Gasteiger partial charge in [0.25, 0.3) is 0 Å². The van der Waals surface area contributed by atoms with Gasteiger partial charge in [-0.25, -0.2) is 0 Å². The standard InChI is InChI=1S/C15H30N2/c1-3-12-7-9-13(10-8-12)15(17-16)14-6-4-5-11(14)2/h11-15,17H,3-10,16H2,1-2H3. The molecule has 17 heavy (non-hydrogen) atoms. The number of nitrogens with one attached hydrogen (secondary N) is 1. The van der Waals surface area contributed by atoms with Crippen LogP contribution in [-0.2, 0) is 0 Å². The van der Waals surface area contributed by atoms with E-state index in [1.165, 1.54) is 51.4 Å². The normalized spacial score (nSPS) is 40.4. The van der Waals surface area contributed by atoms with Crippen LogP contribution >= 0.6 is 0 Å². The predicted octanol–water partition coefficient (Wildman–Crippen LogP) is 3.47. The maximum Gasteiger partial charge on any atom is 0.0269 e. The minimum atomic E-state index is 0.588. The molecular formula is C15H30N2. The van der Waals surface area contributed by atoms with Crippen LogP contribution in [0.1, 0.15) is 65.2 Å². The third kappa shape index (κ3) is 3.03. The lowest BCUT2D eigenvalue weighted by Gasteiger charge is -2.37. The zero-order valence-corrected chi connectivity index (χ0v) is 11.6. The van der Waals surface area contributed by atoms with Crippen molar-refractivity contribution in [3.8, 4) is 0 Å². The number of rotatable bonds is 4. The molecule has 0 aromatic carbocycles. The lowest BCUT2D eigenvalue weighted by atomic mass is 9.73. The van der Waals surface area contributed by atoms with Crippen LogP contribution < -0.4 is 11.3 Å². The smallest absolute Gasteiger partial charge is 0.0269 e. The van der Waals surface area contributed by atoms with Crippen molar-refractivity contribution in [1.82, 2.24) is 5.43 Å². The largest absolute Gasteiger partial charge is 0.271 e. The molecular weight excluding hydrogens is 208 g/mol. The van der Waals surface area contributed by atoms with E-state index in [-0.39, 0.29) is 0 Å². The highest BCUT2D eigenvalue weighted by Crippen LogP contribution is 2.40. The molecule has 0 heterocycles. The van der Waals surface area contributed by atoms with Crippen LogP contribution in [0.5, 0.6) is 0 Å². The number of hydrazine groups is 1. The van der Waals surface area contributed by atoms with Gasteiger partial charge in [0.2, 0.25) is 0 Å². The van der Waals surface area contributed by atoms with Gasteiger partial charge in [-0.3, -0.25) is 11.3 Å². The summed E-state index contributed by atoms with van der Waals surface area (Å²) in [6.45, 7) is 4.75.